The highest BCUT2D eigenvalue weighted by Crippen LogP contribution is 2.24. The van der Waals surface area contributed by atoms with Gasteiger partial charge in [0.05, 0.1) is 12.8 Å². The summed E-state index contributed by atoms with van der Waals surface area (Å²) in [5.41, 5.74) is 2.12. The van der Waals surface area contributed by atoms with E-state index in [4.69, 9.17) is 9.94 Å². The van der Waals surface area contributed by atoms with Crippen LogP contribution < -0.4 is 4.74 Å². The fourth-order valence-electron chi connectivity index (χ4n) is 2.11. The van der Waals surface area contributed by atoms with Crippen molar-refractivity contribution in [3.05, 3.63) is 28.2 Å². The van der Waals surface area contributed by atoms with E-state index in [0.717, 1.165) is 48.4 Å². The SMILES string of the molecule is COc1ccc(Br)c(CN2CCC(=NO)CC2)c1. The van der Waals surface area contributed by atoms with Crippen LogP contribution in [0.2, 0.25) is 0 Å². The molecule has 1 saturated heterocycles. The van der Waals surface area contributed by atoms with Crippen molar-refractivity contribution in [2.75, 3.05) is 20.2 Å². The molecule has 4 nitrogen and oxygen atoms in total. The van der Waals surface area contributed by atoms with E-state index in [1.807, 2.05) is 12.1 Å². The van der Waals surface area contributed by atoms with Crippen LogP contribution in [0.15, 0.2) is 27.8 Å². The van der Waals surface area contributed by atoms with Gasteiger partial charge in [-0.25, -0.2) is 0 Å². The highest BCUT2D eigenvalue weighted by Gasteiger charge is 2.16. The van der Waals surface area contributed by atoms with Crippen molar-refractivity contribution >= 4 is 21.6 Å². The van der Waals surface area contributed by atoms with Gasteiger partial charge in [0.2, 0.25) is 0 Å². The normalized spacial score (nSPS) is 16.7. The van der Waals surface area contributed by atoms with E-state index in [-0.39, 0.29) is 0 Å². The van der Waals surface area contributed by atoms with Gasteiger partial charge in [-0.15, -0.1) is 0 Å². The minimum atomic E-state index is 0.845. The summed E-state index contributed by atoms with van der Waals surface area (Å²) >= 11 is 3.57. The predicted octanol–water partition coefficient (Wildman–Crippen LogP) is 2.88. The van der Waals surface area contributed by atoms with Gasteiger partial charge < -0.3 is 9.94 Å². The third-order valence-corrected chi connectivity index (χ3v) is 4.00. The summed E-state index contributed by atoms with van der Waals surface area (Å²) in [5.74, 6) is 0.878. The molecule has 1 heterocycles. The molecule has 0 aromatic heterocycles. The number of ether oxygens (including phenoxy) is 1. The average Bonchev–Trinajstić information content (AvgIpc) is 2.42. The summed E-state index contributed by atoms with van der Waals surface area (Å²) in [7, 11) is 1.68. The van der Waals surface area contributed by atoms with Gasteiger partial charge in [0.15, 0.2) is 0 Å². The quantitative estimate of drug-likeness (QED) is 0.689. The first kappa shape index (κ1) is 13.4. The molecule has 0 amide bonds. The number of rotatable bonds is 3. The lowest BCUT2D eigenvalue weighted by Crippen LogP contribution is -2.33. The summed E-state index contributed by atoms with van der Waals surface area (Å²) in [6.45, 7) is 2.75. The monoisotopic (exact) mass is 312 g/mol. The highest BCUT2D eigenvalue weighted by atomic mass is 79.9. The standard InChI is InChI=1S/C13H17BrN2O2/c1-18-12-2-3-13(14)10(8-12)9-16-6-4-11(15-17)5-7-16/h2-3,8,17H,4-7,9H2,1H3. The van der Waals surface area contributed by atoms with Gasteiger partial charge in [-0.1, -0.05) is 21.1 Å². The van der Waals surface area contributed by atoms with E-state index in [2.05, 4.69) is 32.1 Å². The first-order valence-electron chi connectivity index (χ1n) is 5.97. The summed E-state index contributed by atoms with van der Waals surface area (Å²) < 4.78 is 6.34. The van der Waals surface area contributed by atoms with Gasteiger partial charge in [0, 0.05) is 36.9 Å². The third kappa shape index (κ3) is 3.23. The maximum atomic E-state index is 8.72. The van der Waals surface area contributed by atoms with Gasteiger partial charge >= 0.3 is 0 Å². The number of piperidine rings is 1. The Kier molecular flexibility index (Phi) is 4.60. The van der Waals surface area contributed by atoms with Gasteiger partial charge in [-0.05, 0) is 23.8 Å². The first-order valence-corrected chi connectivity index (χ1v) is 6.77. The molecule has 0 aliphatic carbocycles. The average molecular weight is 313 g/mol. The van der Waals surface area contributed by atoms with Gasteiger partial charge in [-0.2, -0.15) is 0 Å². The van der Waals surface area contributed by atoms with Crippen LogP contribution in [0.1, 0.15) is 18.4 Å². The van der Waals surface area contributed by atoms with E-state index in [0.29, 0.717) is 0 Å². The van der Waals surface area contributed by atoms with Crippen LogP contribution >= 0.6 is 15.9 Å². The number of hydrogen-bond donors (Lipinski definition) is 1. The topological polar surface area (TPSA) is 45.1 Å². The molecule has 1 N–H and O–H groups in total. The molecular formula is C13H17BrN2O2. The molecule has 1 aliphatic rings. The number of oxime groups is 1. The Morgan fingerprint density at radius 1 is 1.39 bits per heavy atom. The Morgan fingerprint density at radius 2 is 2.11 bits per heavy atom. The van der Waals surface area contributed by atoms with Crippen LogP contribution in [0.3, 0.4) is 0 Å². The molecule has 0 bridgehead atoms. The van der Waals surface area contributed by atoms with Crippen LogP contribution in [0, 0.1) is 0 Å². The van der Waals surface area contributed by atoms with E-state index >= 15 is 0 Å². The van der Waals surface area contributed by atoms with Crippen molar-refractivity contribution in [2.45, 2.75) is 19.4 Å². The van der Waals surface area contributed by atoms with Crippen LogP contribution in [0.5, 0.6) is 5.75 Å². The molecule has 2 rings (SSSR count). The number of benzene rings is 1. The second-order valence-corrected chi connectivity index (χ2v) is 5.25. The lowest BCUT2D eigenvalue weighted by atomic mass is 10.1. The zero-order valence-corrected chi connectivity index (χ0v) is 12.0. The number of nitrogens with zero attached hydrogens (tertiary/aromatic N) is 2. The van der Waals surface area contributed by atoms with Gasteiger partial charge in [0.25, 0.3) is 0 Å². The van der Waals surface area contributed by atoms with Crippen molar-refractivity contribution in [3.63, 3.8) is 0 Å². The maximum Gasteiger partial charge on any atom is 0.119 e. The molecular weight excluding hydrogens is 296 g/mol. The molecule has 0 spiro atoms. The minimum absolute atomic E-state index is 0.845. The molecule has 0 saturated carbocycles. The van der Waals surface area contributed by atoms with Crippen molar-refractivity contribution in [1.82, 2.24) is 4.90 Å². The van der Waals surface area contributed by atoms with Crippen LogP contribution in [-0.4, -0.2) is 36.0 Å². The molecule has 0 unspecified atom stereocenters. The summed E-state index contributed by atoms with van der Waals surface area (Å²) in [4.78, 5) is 2.36. The summed E-state index contributed by atoms with van der Waals surface area (Å²) in [6.07, 6.45) is 1.69. The number of halogens is 1. The number of methoxy groups -OCH3 is 1. The number of hydrogen-bond acceptors (Lipinski definition) is 4. The Bertz CT molecular complexity index is 439. The van der Waals surface area contributed by atoms with Crippen molar-refractivity contribution in [3.8, 4) is 5.75 Å². The number of likely N-dealkylation sites (tertiary alicyclic amines) is 1. The van der Waals surface area contributed by atoms with Gasteiger partial charge in [-0.3, -0.25) is 4.90 Å². The molecule has 1 fully saturated rings. The van der Waals surface area contributed by atoms with E-state index < -0.39 is 0 Å². The van der Waals surface area contributed by atoms with E-state index in [9.17, 15) is 0 Å². The highest BCUT2D eigenvalue weighted by molar-refractivity contribution is 9.10. The van der Waals surface area contributed by atoms with E-state index in [1.54, 1.807) is 7.11 Å². The summed E-state index contributed by atoms with van der Waals surface area (Å²) in [5, 5.41) is 12.0. The zero-order valence-electron chi connectivity index (χ0n) is 10.4. The second-order valence-electron chi connectivity index (χ2n) is 4.40. The Morgan fingerprint density at radius 3 is 2.72 bits per heavy atom. The zero-order chi connectivity index (χ0) is 13.0. The Hall–Kier alpha value is -1.07. The van der Waals surface area contributed by atoms with Crippen molar-refractivity contribution in [1.29, 1.82) is 0 Å². The van der Waals surface area contributed by atoms with Crippen LogP contribution in [0.4, 0.5) is 0 Å². The lowest BCUT2D eigenvalue weighted by molar-refractivity contribution is 0.255. The fraction of sp³-hybridized carbons (Fsp3) is 0.462. The lowest BCUT2D eigenvalue weighted by Gasteiger charge is -2.27. The Balaban J connectivity index is 2.01. The van der Waals surface area contributed by atoms with Crippen LogP contribution in [-0.2, 0) is 6.54 Å². The smallest absolute Gasteiger partial charge is 0.119 e. The molecule has 1 aliphatic heterocycles. The minimum Gasteiger partial charge on any atom is -0.497 e. The van der Waals surface area contributed by atoms with E-state index in [1.165, 1.54) is 5.56 Å². The molecule has 5 heteroatoms. The molecule has 0 radical (unpaired) electrons. The molecule has 0 atom stereocenters. The molecule has 98 valence electrons. The van der Waals surface area contributed by atoms with Crippen molar-refractivity contribution in [2.24, 2.45) is 5.16 Å². The second kappa shape index (κ2) is 6.20. The molecule has 18 heavy (non-hydrogen) atoms. The summed E-state index contributed by atoms with van der Waals surface area (Å²) in [6, 6.07) is 6.01. The van der Waals surface area contributed by atoms with Crippen molar-refractivity contribution < 1.29 is 9.94 Å². The molecule has 1 aromatic carbocycles. The maximum absolute atomic E-state index is 8.72. The predicted molar refractivity (Wildman–Crippen MR) is 74.4 cm³/mol. The van der Waals surface area contributed by atoms with Crippen LogP contribution in [0.25, 0.3) is 0 Å². The Labute approximate surface area is 115 Å². The third-order valence-electron chi connectivity index (χ3n) is 3.22. The molecule has 1 aromatic rings. The largest absolute Gasteiger partial charge is 0.497 e. The first-order chi connectivity index (χ1) is 8.72. The fourth-order valence-corrected chi connectivity index (χ4v) is 2.48. The van der Waals surface area contributed by atoms with Gasteiger partial charge in [0.1, 0.15) is 5.75 Å².